The van der Waals surface area contributed by atoms with Crippen molar-refractivity contribution in [3.05, 3.63) is 24.3 Å². The summed E-state index contributed by atoms with van der Waals surface area (Å²) in [5.41, 5.74) is 0. The molecule has 0 aromatic heterocycles. The number of rotatable bonds is 6. The van der Waals surface area contributed by atoms with Crippen LogP contribution in [0.4, 0.5) is 18.0 Å². The van der Waals surface area contributed by atoms with Gasteiger partial charge in [-0.25, -0.2) is 17.9 Å². The van der Waals surface area contributed by atoms with Gasteiger partial charge in [-0.3, -0.25) is 0 Å². The number of carbonyl (C=O) groups is 1. The summed E-state index contributed by atoms with van der Waals surface area (Å²) in [6.45, 7) is 2.18. The molecule has 0 fully saturated rings. The maximum absolute atomic E-state index is 12.1. The third-order valence-corrected chi connectivity index (χ3v) is 3.72. The summed E-state index contributed by atoms with van der Waals surface area (Å²) in [6.07, 6.45) is -3.46. The van der Waals surface area contributed by atoms with Crippen LogP contribution in [0.15, 0.2) is 29.2 Å². The molecule has 0 bridgehead atoms. The third-order valence-electron chi connectivity index (χ3n) is 2.39. The van der Waals surface area contributed by atoms with Crippen molar-refractivity contribution in [1.29, 1.82) is 0 Å². The molecule has 0 aliphatic rings. The smallest absolute Gasteiger partial charge is 0.406 e. The summed E-state index contributed by atoms with van der Waals surface area (Å²) >= 11 is 0. The number of amides is 2. The van der Waals surface area contributed by atoms with E-state index in [1.165, 1.54) is 0 Å². The molecule has 2 N–H and O–H groups in total. The van der Waals surface area contributed by atoms with Gasteiger partial charge in [0.25, 0.3) is 10.0 Å². The van der Waals surface area contributed by atoms with Crippen molar-refractivity contribution in [2.45, 2.75) is 31.0 Å². The number of carbonyl (C=O) groups excluding carboxylic acids is 1. The molecule has 22 heavy (non-hydrogen) atoms. The van der Waals surface area contributed by atoms with Gasteiger partial charge in [-0.05, 0) is 18.6 Å². The summed E-state index contributed by atoms with van der Waals surface area (Å²) in [4.78, 5) is 10.9. The zero-order valence-corrected chi connectivity index (χ0v) is 12.4. The number of benzene rings is 1. The highest BCUT2D eigenvalue weighted by atomic mass is 32.2. The zero-order valence-electron chi connectivity index (χ0n) is 11.6. The van der Waals surface area contributed by atoms with Crippen molar-refractivity contribution in [2.75, 3.05) is 6.54 Å². The van der Waals surface area contributed by atoms with Crippen molar-refractivity contribution in [3.8, 4) is 5.75 Å². The second-order valence-electron chi connectivity index (χ2n) is 4.24. The number of hydrogen-bond donors (Lipinski definition) is 2. The molecule has 1 aromatic rings. The van der Waals surface area contributed by atoms with Gasteiger partial charge in [0, 0.05) is 12.6 Å². The van der Waals surface area contributed by atoms with Crippen molar-refractivity contribution in [2.24, 2.45) is 0 Å². The molecule has 0 saturated carbocycles. The molecule has 1 aromatic carbocycles. The number of sulfonamides is 1. The van der Waals surface area contributed by atoms with Crippen molar-refractivity contribution in [3.63, 3.8) is 0 Å². The molecule has 0 radical (unpaired) electrons. The summed E-state index contributed by atoms with van der Waals surface area (Å²) < 4.78 is 65.4. The number of ether oxygens (including phenoxy) is 1. The first-order chi connectivity index (χ1) is 10.1. The largest absolute Gasteiger partial charge is 0.573 e. The highest BCUT2D eigenvalue weighted by molar-refractivity contribution is 7.90. The molecule has 0 aliphatic heterocycles. The second kappa shape index (κ2) is 7.34. The number of alkyl halides is 3. The van der Waals surface area contributed by atoms with E-state index in [1.54, 1.807) is 4.72 Å². The first kappa shape index (κ1) is 18.1. The van der Waals surface area contributed by atoms with E-state index < -0.39 is 33.1 Å². The van der Waals surface area contributed by atoms with Crippen molar-refractivity contribution in [1.82, 2.24) is 10.0 Å². The lowest BCUT2D eigenvalue weighted by molar-refractivity contribution is -0.274. The molecule has 2 amide bonds. The lowest BCUT2D eigenvalue weighted by Crippen LogP contribution is -2.39. The Kier molecular flexibility index (Phi) is 6.03. The standard InChI is InChI=1S/C12H15F3N2O4S/c1-2-3-7-16-11(18)17-22(19,20)10-6-4-5-9(8-10)21-12(13,14)15/h4-6,8H,2-3,7H2,1H3,(H2,16,17,18). The number of urea groups is 1. The van der Waals surface area contributed by atoms with Gasteiger partial charge in [-0.1, -0.05) is 19.4 Å². The van der Waals surface area contributed by atoms with Gasteiger partial charge in [0.05, 0.1) is 4.90 Å². The minimum absolute atomic E-state index is 0.287. The fraction of sp³-hybridized carbons (Fsp3) is 0.417. The van der Waals surface area contributed by atoms with Crippen molar-refractivity contribution >= 4 is 16.1 Å². The highest BCUT2D eigenvalue weighted by Crippen LogP contribution is 2.24. The van der Waals surface area contributed by atoms with Crippen LogP contribution in [0.2, 0.25) is 0 Å². The Morgan fingerprint density at radius 1 is 1.32 bits per heavy atom. The van der Waals surface area contributed by atoms with Gasteiger partial charge in [0.1, 0.15) is 5.75 Å². The van der Waals surface area contributed by atoms with Crippen LogP contribution in [0.25, 0.3) is 0 Å². The summed E-state index contributed by atoms with van der Waals surface area (Å²) in [5.74, 6) is -0.693. The van der Waals surface area contributed by atoms with E-state index in [-0.39, 0.29) is 6.54 Å². The van der Waals surface area contributed by atoms with Crippen LogP contribution >= 0.6 is 0 Å². The molecule has 0 heterocycles. The fourth-order valence-corrected chi connectivity index (χ4v) is 2.40. The van der Waals surface area contributed by atoms with Gasteiger partial charge in [0.15, 0.2) is 0 Å². The highest BCUT2D eigenvalue weighted by Gasteiger charge is 2.31. The molecule has 0 saturated heterocycles. The average molecular weight is 340 g/mol. The normalized spacial score (nSPS) is 11.8. The quantitative estimate of drug-likeness (QED) is 0.779. The van der Waals surface area contributed by atoms with Crippen LogP contribution in [0.3, 0.4) is 0 Å². The van der Waals surface area contributed by atoms with E-state index in [4.69, 9.17) is 0 Å². The lowest BCUT2D eigenvalue weighted by Gasteiger charge is -2.11. The van der Waals surface area contributed by atoms with Crippen LogP contribution in [0.5, 0.6) is 5.75 Å². The van der Waals surface area contributed by atoms with E-state index in [0.29, 0.717) is 12.5 Å². The van der Waals surface area contributed by atoms with E-state index in [0.717, 1.165) is 24.6 Å². The molecule has 6 nitrogen and oxygen atoms in total. The van der Waals surface area contributed by atoms with Gasteiger partial charge >= 0.3 is 12.4 Å². The Balaban J connectivity index is 2.80. The van der Waals surface area contributed by atoms with E-state index in [1.807, 2.05) is 6.92 Å². The number of unbranched alkanes of at least 4 members (excludes halogenated alkanes) is 1. The second-order valence-corrected chi connectivity index (χ2v) is 5.92. The monoisotopic (exact) mass is 340 g/mol. The first-order valence-corrected chi connectivity index (χ1v) is 7.79. The molecule has 10 heteroatoms. The Morgan fingerprint density at radius 3 is 2.59 bits per heavy atom. The Labute approximate surface area is 125 Å². The summed E-state index contributed by atoms with van der Waals surface area (Å²) in [6, 6.07) is 2.80. The molecule has 1 rings (SSSR count). The maximum atomic E-state index is 12.1. The maximum Gasteiger partial charge on any atom is 0.573 e. The van der Waals surface area contributed by atoms with Crippen LogP contribution in [-0.2, 0) is 10.0 Å². The molecule has 0 aliphatic carbocycles. The third kappa shape index (κ3) is 6.20. The van der Waals surface area contributed by atoms with Crippen LogP contribution < -0.4 is 14.8 Å². The van der Waals surface area contributed by atoms with Crippen LogP contribution in [0, 0.1) is 0 Å². The van der Waals surface area contributed by atoms with E-state index in [9.17, 15) is 26.4 Å². The zero-order chi connectivity index (χ0) is 16.8. The molecule has 0 unspecified atom stereocenters. The Morgan fingerprint density at radius 2 is 2.00 bits per heavy atom. The first-order valence-electron chi connectivity index (χ1n) is 6.30. The fourth-order valence-electron chi connectivity index (χ4n) is 1.43. The molecule has 124 valence electrons. The molecular formula is C12H15F3N2O4S. The predicted molar refractivity (Wildman–Crippen MR) is 71.8 cm³/mol. The Bertz CT molecular complexity index is 617. The SMILES string of the molecule is CCCCNC(=O)NS(=O)(=O)c1cccc(OC(F)(F)F)c1. The van der Waals surface area contributed by atoms with Gasteiger partial charge in [0.2, 0.25) is 0 Å². The van der Waals surface area contributed by atoms with Crippen LogP contribution in [0.1, 0.15) is 19.8 Å². The minimum atomic E-state index is -4.94. The molecular weight excluding hydrogens is 325 g/mol. The number of halogens is 3. The molecule has 0 spiro atoms. The minimum Gasteiger partial charge on any atom is -0.406 e. The van der Waals surface area contributed by atoms with Crippen molar-refractivity contribution < 1.29 is 31.1 Å². The molecule has 0 atom stereocenters. The van der Waals surface area contributed by atoms with E-state index >= 15 is 0 Å². The van der Waals surface area contributed by atoms with E-state index in [2.05, 4.69) is 10.1 Å². The summed E-state index contributed by atoms with van der Waals surface area (Å²) in [5, 5.41) is 2.32. The lowest BCUT2D eigenvalue weighted by atomic mass is 10.3. The average Bonchev–Trinajstić information content (AvgIpc) is 2.36. The topological polar surface area (TPSA) is 84.5 Å². The van der Waals surface area contributed by atoms with Crippen LogP contribution in [-0.4, -0.2) is 27.4 Å². The van der Waals surface area contributed by atoms with Gasteiger partial charge in [-0.2, -0.15) is 0 Å². The predicted octanol–water partition coefficient (Wildman–Crippen LogP) is 2.37. The van der Waals surface area contributed by atoms with Gasteiger partial charge in [-0.15, -0.1) is 13.2 Å². The summed E-state index contributed by atoms with van der Waals surface area (Å²) in [7, 11) is -4.28. The number of hydrogen-bond acceptors (Lipinski definition) is 4. The number of nitrogens with one attached hydrogen (secondary N) is 2. The Hall–Kier alpha value is -1.97. The van der Waals surface area contributed by atoms with Gasteiger partial charge < -0.3 is 10.1 Å².